The summed E-state index contributed by atoms with van der Waals surface area (Å²) in [5, 5.41) is 0.559. The van der Waals surface area contributed by atoms with E-state index in [1.807, 2.05) is 36.4 Å². The van der Waals surface area contributed by atoms with Crippen molar-refractivity contribution in [3.63, 3.8) is 0 Å². The summed E-state index contributed by atoms with van der Waals surface area (Å²) in [6, 6.07) is 18.2. The minimum atomic E-state index is -0.497. The smallest absolute Gasteiger partial charge is 0.343 e. The largest absolute Gasteiger partial charge is 0.493 e. The van der Waals surface area contributed by atoms with Gasteiger partial charge in [-0.1, -0.05) is 24.3 Å². The number of esters is 1. The number of ether oxygens (including phenoxy) is 3. The van der Waals surface area contributed by atoms with E-state index in [-0.39, 0.29) is 19.1 Å². The van der Waals surface area contributed by atoms with Gasteiger partial charge in [-0.3, -0.25) is 9.69 Å². The molecule has 1 aliphatic rings. The molecular formula is C25H22N2O6S. The number of hydrogen-bond acceptors (Lipinski definition) is 8. The summed E-state index contributed by atoms with van der Waals surface area (Å²) in [5.41, 5.74) is 1.48. The minimum absolute atomic E-state index is 0.180. The molecule has 1 amide bonds. The van der Waals surface area contributed by atoms with Crippen LogP contribution in [0.1, 0.15) is 11.3 Å². The van der Waals surface area contributed by atoms with Gasteiger partial charge in [0, 0.05) is 0 Å². The van der Waals surface area contributed by atoms with E-state index in [9.17, 15) is 9.59 Å². The van der Waals surface area contributed by atoms with Crippen LogP contribution in [0, 0.1) is 0 Å². The van der Waals surface area contributed by atoms with Crippen LogP contribution in [0.15, 0.2) is 81.2 Å². The number of carbonyl (C=O) groups is 2. The maximum atomic E-state index is 13.3. The van der Waals surface area contributed by atoms with Crippen LogP contribution in [0.3, 0.4) is 0 Å². The number of amides is 1. The van der Waals surface area contributed by atoms with Crippen LogP contribution >= 0.6 is 11.8 Å². The molecule has 1 aromatic heterocycles. The van der Waals surface area contributed by atoms with Gasteiger partial charge < -0.3 is 18.6 Å². The number of benzene rings is 2. The third kappa shape index (κ3) is 5.49. The summed E-state index contributed by atoms with van der Waals surface area (Å²) in [5.74, 6) is 0.805. The number of nitrogens with zero attached hydrogens (tertiary/aromatic N) is 2. The lowest BCUT2D eigenvalue weighted by atomic mass is 10.2. The molecular weight excluding hydrogens is 456 g/mol. The highest BCUT2D eigenvalue weighted by Gasteiger charge is 2.34. The molecule has 0 atom stereocenters. The summed E-state index contributed by atoms with van der Waals surface area (Å²) in [6.07, 6.45) is 3.34. The van der Waals surface area contributed by atoms with Crippen LogP contribution in [-0.2, 0) is 20.9 Å². The van der Waals surface area contributed by atoms with Crippen molar-refractivity contribution < 1.29 is 28.2 Å². The van der Waals surface area contributed by atoms with Gasteiger partial charge in [-0.15, -0.1) is 0 Å². The Labute approximate surface area is 200 Å². The number of furan rings is 1. The molecule has 1 fully saturated rings. The Bertz CT molecular complexity index is 1220. The maximum absolute atomic E-state index is 13.3. The molecule has 1 aliphatic heterocycles. The average molecular weight is 479 g/mol. The first kappa shape index (κ1) is 23.2. The van der Waals surface area contributed by atoms with Crippen LogP contribution in [0.4, 0.5) is 5.69 Å². The number of methoxy groups -OCH3 is 2. The lowest BCUT2D eigenvalue weighted by molar-refractivity contribution is -0.142. The highest BCUT2D eigenvalue weighted by atomic mass is 32.2. The second kappa shape index (κ2) is 10.8. The van der Waals surface area contributed by atoms with Crippen molar-refractivity contribution in [3.8, 4) is 11.5 Å². The van der Waals surface area contributed by atoms with Gasteiger partial charge in [0.25, 0.3) is 5.91 Å². The molecule has 0 bridgehead atoms. The molecule has 0 N–H and O–H groups in total. The molecule has 0 unspecified atom stereocenters. The number of amidine groups is 1. The van der Waals surface area contributed by atoms with Crippen molar-refractivity contribution >= 4 is 40.6 Å². The topological polar surface area (TPSA) is 90.6 Å². The Kier molecular flexibility index (Phi) is 7.34. The fourth-order valence-corrected chi connectivity index (χ4v) is 4.14. The predicted octanol–water partition coefficient (Wildman–Crippen LogP) is 4.64. The molecule has 3 aromatic rings. The number of hydrogen-bond donors (Lipinski definition) is 0. The standard InChI is InChI=1S/C25H22N2O6S/c1-30-21-13-17(10-11-20(21)33-16-23(28)31-2)14-22-24(29)27(15-19-9-6-12-32-19)25(34-22)26-18-7-4-3-5-8-18/h3-14H,15-16H2,1-2H3/b22-14+,26-25?. The first-order chi connectivity index (χ1) is 16.6. The SMILES string of the molecule is COC(=O)COc1ccc(/C=C2/SC(=Nc3ccccc3)N(Cc3ccco3)C2=O)cc1OC. The van der Waals surface area contributed by atoms with E-state index < -0.39 is 5.97 Å². The van der Waals surface area contributed by atoms with Crippen LogP contribution in [0.2, 0.25) is 0 Å². The lowest BCUT2D eigenvalue weighted by Gasteiger charge is -2.13. The molecule has 2 aromatic carbocycles. The monoisotopic (exact) mass is 478 g/mol. The van der Waals surface area contributed by atoms with Gasteiger partial charge in [0.15, 0.2) is 23.3 Å². The second-order valence-corrected chi connectivity index (χ2v) is 8.10. The van der Waals surface area contributed by atoms with Crippen LogP contribution < -0.4 is 9.47 Å². The number of para-hydroxylation sites is 1. The van der Waals surface area contributed by atoms with E-state index in [0.717, 1.165) is 11.3 Å². The number of rotatable bonds is 8. The summed E-state index contributed by atoms with van der Waals surface area (Å²) in [6.45, 7) is 0.0359. The van der Waals surface area contributed by atoms with Gasteiger partial charge in [-0.2, -0.15) is 0 Å². The molecule has 174 valence electrons. The Morgan fingerprint density at radius 1 is 1.09 bits per heavy atom. The summed E-state index contributed by atoms with van der Waals surface area (Å²) >= 11 is 1.29. The molecule has 2 heterocycles. The van der Waals surface area contributed by atoms with Crippen LogP contribution in [0.25, 0.3) is 6.08 Å². The minimum Gasteiger partial charge on any atom is -0.493 e. The zero-order valence-electron chi connectivity index (χ0n) is 18.6. The van der Waals surface area contributed by atoms with Crippen molar-refractivity contribution in [1.82, 2.24) is 4.90 Å². The van der Waals surface area contributed by atoms with E-state index in [2.05, 4.69) is 9.73 Å². The first-order valence-corrected chi connectivity index (χ1v) is 11.1. The third-order valence-electron chi connectivity index (χ3n) is 4.82. The van der Waals surface area contributed by atoms with Crippen molar-refractivity contribution in [2.75, 3.05) is 20.8 Å². The molecule has 1 saturated heterocycles. The maximum Gasteiger partial charge on any atom is 0.343 e. The lowest BCUT2D eigenvalue weighted by Crippen LogP contribution is -2.28. The zero-order valence-corrected chi connectivity index (χ0v) is 19.4. The molecule has 0 aliphatic carbocycles. The number of aliphatic imine (C=N–C) groups is 1. The second-order valence-electron chi connectivity index (χ2n) is 7.09. The summed E-state index contributed by atoms with van der Waals surface area (Å²) in [7, 11) is 2.79. The van der Waals surface area contributed by atoms with E-state index in [1.54, 1.807) is 41.5 Å². The van der Waals surface area contributed by atoms with Crippen molar-refractivity contribution in [2.24, 2.45) is 4.99 Å². The Hall–Kier alpha value is -3.98. The fraction of sp³-hybridized carbons (Fsp3) is 0.160. The van der Waals surface area contributed by atoms with E-state index in [1.165, 1.54) is 26.0 Å². The van der Waals surface area contributed by atoms with Gasteiger partial charge in [0.2, 0.25) is 0 Å². The van der Waals surface area contributed by atoms with Gasteiger partial charge in [0.05, 0.1) is 37.6 Å². The first-order valence-electron chi connectivity index (χ1n) is 10.3. The normalized spacial score (nSPS) is 15.7. The third-order valence-corrected chi connectivity index (χ3v) is 5.83. The van der Waals surface area contributed by atoms with E-state index in [0.29, 0.717) is 27.3 Å². The van der Waals surface area contributed by atoms with Crippen LogP contribution in [-0.4, -0.2) is 42.8 Å². The van der Waals surface area contributed by atoms with Crippen molar-refractivity contribution in [1.29, 1.82) is 0 Å². The summed E-state index contributed by atoms with van der Waals surface area (Å²) < 4.78 is 20.9. The van der Waals surface area contributed by atoms with Crippen LogP contribution in [0.5, 0.6) is 11.5 Å². The predicted molar refractivity (Wildman–Crippen MR) is 129 cm³/mol. The highest BCUT2D eigenvalue weighted by molar-refractivity contribution is 8.18. The Balaban J connectivity index is 1.61. The van der Waals surface area contributed by atoms with Gasteiger partial charge in [0.1, 0.15) is 5.76 Å². The molecule has 4 rings (SSSR count). The Morgan fingerprint density at radius 2 is 1.91 bits per heavy atom. The van der Waals surface area contributed by atoms with Gasteiger partial charge in [-0.05, 0) is 59.8 Å². The number of carbonyl (C=O) groups excluding carboxylic acids is 2. The van der Waals surface area contributed by atoms with E-state index >= 15 is 0 Å². The Morgan fingerprint density at radius 3 is 2.62 bits per heavy atom. The molecule has 8 nitrogen and oxygen atoms in total. The van der Waals surface area contributed by atoms with Crippen molar-refractivity contribution in [2.45, 2.75) is 6.54 Å². The molecule has 34 heavy (non-hydrogen) atoms. The molecule has 0 spiro atoms. The van der Waals surface area contributed by atoms with E-state index in [4.69, 9.17) is 13.9 Å². The van der Waals surface area contributed by atoms with Gasteiger partial charge in [-0.25, -0.2) is 9.79 Å². The molecule has 9 heteroatoms. The fourth-order valence-electron chi connectivity index (χ4n) is 3.14. The average Bonchev–Trinajstić information content (AvgIpc) is 3.48. The zero-order chi connectivity index (χ0) is 23.9. The quantitative estimate of drug-likeness (QED) is 0.344. The van der Waals surface area contributed by atoms with Gasteiger partial charge >= 0.3 is 5.97 Å². The molecule has 0 saturated carbocycles. The summed E-state index contributed by atoms with van der Waals surface area (Å²) in [4.78, 5) is 31.4. The van der Waals surface area contributed by atoms with Crippen molar-refractivity contribution in [3.05, 3.63) is 83.2 Å². The highest BCUT2D eigenvalue weighted by Crippen LogP contribution is 2.36. The number of thioether (sulfide) groups is 1. The molecule has 0 radical (unpaired) electrons.